The minimum Gasteiger partial charge on any atom is -0.370 e. The number of hydrogen-bond donors (Lipinski definition) is 2. The van der Waals surface area contributed by atoms with Crippen molar-refractivity contribution in [2.24, 2.45) is 10.7 Å². The lowest BCUT2D eigenvalue weighted by Gasteiger charge is -2.27. The van der Waals surface area contributed by atoms with Crippen molar-refractivity contribution in [1.29, 1.82) is 5.41 Å². The Hall–Kier alpha value is -4.01. The summed E-state index contributed by atoms with van der Waals surface area (Å²) in [5.41, 5.74) is 9.94. The first kappa shape index (κ1) is 33.4. The summed E-state index contributed by atoms with van der Waals surface area (Å²) in [6, 6.07) is 25.3. The number of guanidine groups is 2. The Morgan fingerprint density at radius 2 is 1.48 bits per heavy atom. The van der Waals surface area contributed by atoms with E-state index in [1.54, 1.807) is 6.07 Å². The number of halogens is 3. The molecular formula is C37H47F3N6. The van der Waals surface area contributed by atoms with Gasteiger partial charge in [-0.3, -0.25) is 10.4 Å². The highest BCUT2D eigenvalue weighted by molar-refractivity contribution is 5.80. The molecule has 0 radical (unpaired) electrons. The topological polar surface area (TPSA) is 72.0 Å². The average Bonchev–Trinajstić information content (AvgIpc) is 3.57. The summed E-state index contributed by atoms with van der Waals surface area (Å²) in [5.74, 6) is 1.11. The predicted octanol–water partition coefficient (Wildman–Crippen LogP) is 7.44. The molecule has 0 amide bonds. The van der Waals surface area contributed by atoms with Crippen LogP contribution in [-0.2, 0) is 19.0 Å². The molecule has 3 N–H and O–H groups in total. The van der Waals surface area contributed by atoms with Gasteiger partial charge in [0.05, 0.1) is 18.2 Å². The average molecular weight is 633 g/mol. The molecule has 5 rings (SSSR count). The number of rotatable bonds is 15. The van der Waals surface area contributed by atoms with E-state index in [0.29, 0.717) is 43.0 Å². The van der Waals surface area contributed by atoms with Crippen LogP contribution >= 0.6 is 0 Å². The van der Waals surface area contributed by atoms with Crippen molar-refractivity contribution in [2.75, 3.05) is 32.7 Å². The molecule has 246 valence electrons. The lowest BCUT2D eigenvalue weighted by atomic mass is 10.0. The molecule has 2 aliphatic heterocycles. The van der Waals surface area contributed by atoms with Gasteiger partial charge in [-0.1, -0.05) is 92.6 Å². The zero-order valence-corrected chi connectivity index (χ0v) is 26.9. The maximum Gasteiger partial charge on any atom is 0.416 e. The first-order chi connectivity index (χ1) is 22.2. The van der Waals surface area contributed by atoms with Gasteiger partial charge in [0.1, 0.15) is 0 Å². The highest BCUT2D eigenvalue weighted by Gasteiger charge is 2.34. The van der Waals surface area contributed by atoms with Crippen molar-refractivity contribution in [3.05, 3.63) is 95.6 Å². The van der Waals surface area contributed by atoms with Crippen LogP contribution in [-0.4, -0.2) is 71.4 Å². The van der Waals surface area contributed by atoms with Gasteiger partial charge >= 0.3 is 6.18 Å². The Balaban J connectivity index is 1.09. The Morgan fingerprint density at radius 3 is 2.22 bits per heavy atom. The van der Waals surface area contributed by atoms with Gasteiger partial charge in [0, 0.05) is 32.2 Å². The highest BCUT2D eigenvalue weighted by atomic mass is 19.4. The third-order valence-corrected chi connectivity index (χ3v) is 9.35. The van der Waals surface area contributed by atoms with Crippen LogP contribution in [0.4, 0.5) is 13.2 Å². The Morgan fingerprint density at radius 1 is 0.783 bits per heavy atom. The maximum absolute atomic E-state index is 13.1. The Bertz CT molecular complexity index is 1440. The van der Waals surface area contributed by atoms with E-state index in [1.165, 1.54) is 28.8 Å². The molecule has 0 spiro atoms. The lowest BCUT2D eigenvalue weighted by Crippen LogP contribution is -2.42. The fourth-order valence-electron chi connectivity index (χ4n) is 6.67. The normalized spacial score (nSPS) is 18.5. The highest BCUT2D eigenvalue weighted by Crippen LogP contribution is 2.30. The summed E-state index contributed by atoms with van der Waals surface area (Å²) in [4.78, 5) is 11.0. The number of nitrogens with two attached hydrogens (primary N) is 1. The van der Waals surface area contributed by atoms with Crippen molar-refractivity contribution in [1.82, 2.24) is 14.7 Å². The molecule has 0 aromatic heterocycles. The van der Waals surface area contributed by atoms with Crippen LogP contribution in [0.2, 0.25) is 0 Å². The van der Waals surface area contributed by atoms with Gasteiger partial charge in [-0.15, -0.1) is 0 Å². The van der Waals surface area contributed by atoms with Crippen LogP contribution in [0, 0.1) is 5.41 Å². The molecular weight excluding hydrogens is 585 g/mol. The lowest BCUT2D eigenvalue weighted by molar-refractivity contribution is -0.137. The zero-order chi connectivity index (χ0) is 32.5. The van der Waals surface area contributed by atoms with Crippen LogP contribution in [0.3, 0.4) is 0 Å². The molecule has 46 heavy (non-hydrogen) atoms. The number of hydrogen-bond acceptors (Lipinski definition) is 4. The van der Waals surface area contributed by atoms with Gasteiger partial charge in [0.25, 0.3) is 0 Å². The van der Waals surface area contributed by atoms with Gasteiger partial charge in [-0.25, -0.2) is 0 Å². The fourth-order valence-corrected chi connectivity index (χ4v) is 6.67. The van der Waals surface area contributed by atoms with Crippen molar-refractivity contribution < 1.29 is 13.2 Å². The molecule has 1 unspecified atom stereocenters. The second-order valence-electron chi connectivity index (χ2n) is 12.6. The quantitative estimate of drug-likeness (QED) is 0.171. The minimum atomic E-state index is -4.35. The predicted molar refractivity (Wildman–Crippen MR) is 181 cm³/mol. The van der Waals surface area contributed by atoms with E-state index in [-0.39, 0.29) is 6.04 Å². The SMILES string of the molecule is CCCC[C@H]1CN(CCCCC2CN=C(N)N2CCc2cccc(C(F)(F)F)c2)C(=N)N1CCc1ccc(-c2ccccc2)cc1. The van der Waals surface area contributed by atoms with Crippen molar-refractivity contribution in [3.8, 4) is 11.1 Å². The number of unbranched alkanes of at least 4 members (excludes halogenated alkanes) is 2. The van der Waals surface area contributed by atoms with E-state index in [4.69, 9.17) is 11.1 Å². The molecule has 2 heterocycles. The zero-order valence-electron chi connectivity index (χ0n) is 26.9. The van der Waals surface area contributed by atoms with Gasteiger partial charge in [0.2, 0.25) is 0 Å². The molecule has 1 fully saturated rings. The van der Waals surface area contributed by atoms with E-state index in [2.05, 4.69) is 70.2 Å². The summed E-state index contributed by atoms with van der Waals surface area (Å²) in [5, 5.41) is 9.03. The molecule has 3 aromatic rings. The Labute approximate surface area is 271 Å². The molecule has 3 aromatic carbocycles. The molecule has 9 heteroatoms. The monoisotopic (exact) mass is 632 g/mol. The second-order valence-corrected chi connectivity index (χ2v) is 12.6. The summed E-state index contributed by atoms with van der Waals surface area (Å²) in [6.07, 6.45) is 3.31. The van der Waals surface area contributed by atoms with Crippen LogP contribution in [0.1, 0.15) is 62.1 Å². The van der Waals surface area contributed by atoms with Crippen LogP contribution < -0.4 is 5.73 Å². The first-order valence-corrected chi connectivity index (χ1v) is 16.7. The molecule has 0 saturated carbocycles. The molecule has 2 atom stereocenters. The molecule has 2 aliphatic rings. The largest absolute Gasteiger partial charge is 0.416 e. The van der Waals surface area contributed by atoms with E-state index in [1.807, 2.05) is 11.0 Å². The van der Waals surface area contributed by atoms with Crippen molar-refractivity contribution in [2.45, 2.75) is 76.6 Å². The summed E-state index contributed by atoms with van der Waals surface area (Å²) in [6.45, 7) is 5.96. The van der Waals surface area contributed by atoms with Gasteiger partial charge in [-0.2, -0.15) is 13.2 Å². The minimum absolute atomic E-state index is 0.158. The van der Waals surface area contributed by atoms with Gasteiger partial charge in [0.15, 0.2) is 11.9 Å². The van der Waals surface area contributed by atoms with Crippen LogP contribution in [0.25, 0.3) is 11.1 Å². The molecule has 0 bridgehead atoms. The van der Waals surface area contributed by atoms with Crippen LogP contribution in [0.5, 0.6) is 0 Å². The summed E-state index contributed by atoms with van der Waals surface area (Å²) in [7, 11) is 0. The summed E-state index contributed by atoms with van der Waals surface area (Å²) < 4.78 is 39.4. The molecule has 0 aliphatic carbocycles. The fraction of sp³-hybridized carbons (Fsp3) is 0.459. The number of alkyl halides is 3. The van der Waals surface area contributed by atoms with Crippen molar-refractivity contribution in [3.63, 3.8) is 0 Å². The van der Waals surface area contributed by atoms with Crippen LogP contribution in [0.15, 0.2) is 83.9 Å². The van der Waals surface area contributed by atoms with E-state index in [0.717, 1.165) is 70.6 Å². The number of aliphatic imine (C=N–C) groups is 1. The van der Waals surface area contributed by atoms with E-state index < -0.39 is 11.7 Å². The first-order valence-electron chi connectivity index (χ1n) is 16.7. The second kappa shape index (κ2) is 15.5. The van der Waals surface area contributed by atoms with Crippen molar-refractivity contribution >= 4 is 11.9 Å². The Kier molecular flexibility index (Phi) is 11.3. The standard InChI is InChI=1S/C37H47F3N6/c1-2-3-14-34-27-44(36(42)46(34)24-20-28-16-18-31(19-17-28)30-11-5-4-6-12-30)22-8-7-15-33-26-43-35(41)45(33)23-21-29-10-9-13-32(25-29)37(38,39)40/h4-6,9-13,16-19,25,33-34,42H,2-3,7-8,14-15,20-24,26-27H2,1H3,(H2,41,43)/t33?,34-/m0/s1. The number of nitrogens with one attached hydrogen (secondary N) is 1. The maximum atomic E-state index is 13.1. The number of benzene rings is 3. The number of nitrogens with zero attached hydrogens (tertiary/aromatic N) is 4. The van der Waals surface area contributed by atoms with Gasteiger partial charge < -0.3 is 20.4 Å². The van der Waals surface area contributed by atoms with E-state index >= 15 is 0 Å². The smallest absolute Gasteiger partial charge is 0.370 e. The third-order valence-electron chi connectivity index (χ3n) is 9.35. The third kappa shape index (κ3) is 8.62. The summed E-state index contributed by atoms with van der Waals surface area (Å²) >= 11 is 0. The van der Waals surface area contributed by atoms with E-state index in [9.17, 15) is 13.2 Å². The van der Waals surface area contributed by atoms with Gasteiger partial charge in [-0.05, 0) is 66.8 Å². The molecule has 6 nitrogen and oxygen atoms in total. The molecule has 1 saturated heterocycles.